The molecule has 8 nitrogen and oxygen atoms in total. The highest BCUT2D eigenvalue weighted by atomic mass is 16.5. The molecule has 25 heavy (non-hydrogen) atoms. The van der Waals surface area contributed by atoms with Crippen LogP contribution in [-0.2, 0) is 4.79 Å². The molecule has 1 aromatic heterocycles. The van der Waals surface area contributed by atoms with Gasteiger partial charge < -0.3 is 15.8 Å². The molecule has 2 heterocycles. The molecular weight excluding hydrogens is 324 g/mol. The number of urea groups is 1. The fourth-order valence-corrected chi connectivity index (χ4v) is 3.42. The first-order valence-corrected chi connectivity index (χ1v) is 8.56. The average molecular weight is 346 g/mol. The fourth-order valence-electron chi connectivity index (χ4n) is 3.42. The molecule has 3 N–H and O–H groups in total. The van der Waals surface area contributed by atoms with Crippen molar-refractivity contribution in [1.29, 1.82) is 0 Å². The molecule has 0 aromatic carbocycles. The second-order valence-corrected chi connectivity index (χ2v) is 6.39. The van der Waals surface area contributed by atoms with Crippen molar-refractivity contribution in [2.24, 2.45) is 5.73 Å². The topological polar surface area (TPSA) is 115 Å². The standard InChI is InChI=1S/C17H22N4O4/c1-2-13-16(23)21(17(24)20-13)10-5-7-11(8-6-10)25-15-12(14(18)22)4-3-9-19-15/h3-4,9-11,13H,2,5-8H2,1H3,(H2,18,22)(H,20,24)/t10-,11-,13-/m0/s1. The number of ether oxygens (including phenoxy) is 1. The van der Waals surface area contributed by atoms with E-state index in [2.05, 4.69) is 10.3 Å². The van der Waals surface area contributed by atoms with Gasteiger partial charge in [-0.25, -0.2) is 9.78 Å². The number of carbonyl (C=O) groups excluding carboxylic acids is 3. The number of imide groups is 1. The van der Waals surface area contributed by atoms with Crippen molar-refractivity contribution < 1.29 is 19.1 Å². The molecule has 134 valence electrons. The SMILES string of the molecule is CC[C@@H]1NC(=O)N([C@H]2CC[C@H](Oc3ncccc3C(N)=O)CC2)C1=O. The molecule has 0 unspecified atom stereocenters. The first-order chi connectivity index (χ1) is 12.0. The van der Waals surface area contributed by atoms with E-state index < -0.39 is 11.9 Å². The third kappa shape index (κ3) is 3.42. The van der Waals surface area contributed by atoms with E-state index in [-0.39, 0.29) is 35.5 Å². The summed E-state index contributed by atoms with van der Waals surface area (Å²) in [5, 5.41) is 2.72. The summed E-state index contributed by atoms with van der Waals surface area (Å²) in [6.45, 7) is 1.88. The van der Waals surface area contributed by atoms with Gasteiger partial charge in [0, 0.05) is 12.2 Å². The van der Waals surface area contributed by atoms with Gasteiger partial charge in [-0.3, -0.25) is 14.5 Å². The lowest BCUT2D eigenvalue weighted by atomic mass is 9.91. The van der Waals surface area contributed by atoms with Crippen LogP contribution in [0.4, 0.5) is 4.79 Å². The zero-order chi connectivity index (χ0) is 18.0. The monoisotopic (exact) mass is 346 g/mol. The van der Waals surface area contributed by atoms with Crippen LogP contribution in [0.25, 0.3) is 0 Å². The lowest BCUT2D eigenvalue weighted by Crippen LogP contribution is -2.44. The van der Waals surface area contributed by atoms with E-state index >= 15 is 0 Å². The van der Waals surface area contributed by atoms with Crippen molar-refractivity contribution in [3.05, 3.63) is 23.9 Å². The van der Waals surface area contributed by atoms with Crippen molar-refractivity contribution in [1.82, 2.24) is 15.2 Å². The molecule has 3 rings (SSSR count). The Hall–Kier alpha value is -2.64. The summed E-state index contributed by atoms with van der Waals surface area (Å²) in [5.74, 6) is -0.487. The van der Waals surface area contributed by atoms with Gasteiger partial charge in [0.1, 0.15) is 17.7 Å². The van der Waals surface area contributed by atoms with Gasteiger partial charge in [0.15, 0.2) is 0 Å². The van der Waals surface area contributed by atoms with Crippen LogP contribution in [0.3, 0.4) is 0 Å². The lowest BCUT2D eigenvalue weighted by Gasteiger charge is -2.33. The van der Waals surface area contributed by atoms with Crippen molar-refractivity contribution in [2.45, 2.75) is 57.2 Å². The van der Waals surface area contributed by atoms with Gasteiger partial charge in [-0.05, 0) is 44.2 Å². The molecule has 0 bridgehead atoms. The van der Waals surface area contributed by atoms with Gasteiger partial charge in [-0.1, -0.05) is 6.92 Å². The molecule has 1 saturated carbocycles. The number of nitrogens with zero attached hydrogens (tertiary/aromatic N) is 2. The van der Waals surface area contributed by atoms with E-state index in [0.29, 0.717) is 32.1 Å². The van der Waals surface area contributed by atoms with E-state index in [4.69, 9.17) is 10.5 Å². The summed E-state index contributed by atoms with van der Waals surface area (Å²) in [4.78, 5) is 41.2. The average Bonchev–Trinajstić information content (AvgIpc) is 2.90. The summed E-state index contributed by atoms with van der Waals surface area (Å²) in [7, 11) is 0. The number of nitrogens with two attached hydrogens (primary N) is 1. The van der Waals surface area contributed by atoms with Gasteiger partial charge in [-0.15, -0.1) is 0 Å². The quantitative estimate of drug-likeness (QED) is 0.778. The minimum atomic E-state index is -0.582. The number of amides is 4. The normalized spacial score (nSPS) is 26.4. The van der Waals surface area contributed by atoms with Crippen LogP contribution in [0.1, 0.15) is 49.4 Å². The molecule has 1 atom stereocenters. The highest BCUT2D eigenvalue weighted by molar-refractivity contribution is 6.04. The number of rotatable bonds is 5. The lowest BCUT2D eigenvalue weighted by molar-refractivity contribution is -0.129. The number of aromatic nitrogens is 1. The fraction of sp³-hybridized carbons (Fsp3) is 0.529. The summed E-state index contributed by atoms with van der Waals surface area (Å²) >= 11 is 0. The maximum atomic E-state index is 12.3. The number of nitrogens with one attached hydrogen (secondary N) is 1. The molecule has 2 aliphatic rings. The first kappa shape index (κ1) is 17.2. The number of hydrogen-bond acceptors (Lipinski definition) is 5. The van der Waals surface area contributed by atoms with E-state index in [9.17, 15) is 14.4 Å². The largest absolute Gasteiger partial charge is 0.474 e. The Balaban J connectivity index is 1.60. The van der Waals surface area contributed by atoms with Crippen LogP contribution in [0, 0.1) is 0 Å². The van der Waals surface area contributed by atoms with Crippen molar-refractivity contribution in [3.63, 3.8) is 0 Å². The van der Waals surface area contributed by atoms with Crippen molar-refractivity contribution >= 4 is 17.8 Å². The molecule has 1 aliphatic heterocycles. The van der Waals surface area contributed by atoms with Crippen LogP contribution in [0.5, 0.6) is 5.88 Å². The zero-order valence-corrected chi connectivity index (χ0v) is 14.1. The summed E-state index contributed by atoms with van der Waals surface area (Å²) in [6, 6.07) is 2.39. The molecular formula is C17H22N4O4. The highest BCUT2D eigenvalue weighted by Gasteiger charge is 2.42. The molecule has 2 fully saturated rings. The third-order valence-electron chi connectivity index (χ3n) is 4.78. The van der Waals surface area contributed by atoms with E-state index in [1.54, 1.807) is 18.3 Å². The Morgan fingerprint density at radius 3 is 2.68 bits per heavy atom. The minimum Gasteiger partial charge on any atom is -0.474 e. The number of hydrogen-bond donors (Lipinski definition) is 2. The number of carbonyl (C=O) groups is 3. The van der Waals surface area contributed by atoms with E-state index in [0.717, 1.165) is 0 Å². The van der Waals surface area contributed by atoms with Crippen molar-refractivity contribution in [3.8, 4) is 5.88 Å². The third-order valence-corrected chi connectivity index (χ3v) is 4.78. The van der Waals surface area contributed by atoms with Crippen LogP contribution >= 0.6 is 0 Å². The molecule has 1 aromatic rings. The van der Waals surface area contributed by atoms with Crippen molar-refractivity contribution in [2.75, 3.05) is 0 Å². The highest BCUT2D eigenvalue weighted by Crippen LogP contribution is 2.29. The Bertz CT molecular complexity index is 685. The summed E-state index contributed by atoms with van der Waals surface area (Å²) in [5.41, 5.74) is 5.59. The molecule has 0 radical (unpaired) electrons. The molecule has 1 saturated heterocycles. The van der Waals surface area contributed by atoms with Gasteiger partial charge in [0.2, 0.25) is 5.88 Å². The van der Waals surface area contributed by atoms with E-state index in [1.807, 2.05) is 6.92 Å². The van der Waals surface area contributed by atoms with Crippen LogP contribution in [0.2, 0.25) is 0 Å². The van der Waals surface area contributed by atoms with E-state index in [1.165, 1.54) is 4.90 Å². The second-order valence-electron chi connectivity index (χ2n) is 6.39. The van der Waals surface area contributed by atoms with Crippen LogP contribution < -0.4 is 15.8 Å². The van der Waals surface area contributed by atoms with Gasteiger partial charge in [-0.2, -0.15) is 0 Å². The van der Waals surface area contributed by atoms with Gasteiger partial charge in [0.05, 0.1) is 0 Å². The predicted octanol–water partition coefficient (Wildman–Crippen LogP) is 1.20. The van der Waals surface area contributed by atoms with Crippen LogP contribution in [0.15, 0.2) is 18.3 Å². The zero-order valence-electron chi connectivity index (χ0n) is 14.1. The summed E-state index contributed by atoms with van der Waals surface area (Å²) < 4.78 is 5.84. The molecule has 8 heteroatoms. The molecule has 4 amide bonds. The Morgan fingerprint density at radius 2 is 2.08 bits per heavy atom. The Labute approximate surface area is 145 Å². The van der Waals surface area contributed by atoms with Gasteiger partial charge >= 0.3 is 6.03 Å². The summed E-state index contributed by atoms with van der Waals surface area (Å²) in [6.07, 6.45) is 4.70. The van der Waals surface area contributed by atoms with Crippen LogP contribution in [-0.4, -0.2) is 45.9 Å². The Morgan fingerprint density at radius 1 is 1.36 bits per heavy atom. The predicted molar refractivity (Wildman–Crippen MR) is 88.9 cm³/mol. The smallest absolute Gasteiger partial charge is 0.325 e. The minimum absolute atomic E-state index is 0.108. The Kier molecular flexibility index (Phi) is 4.87. The number of primary amides is 1. The molecule has 0 spiro atoms. The second kappa shape index (κ2) is 7.08. The molecule has 1 aliphatic carbocycles. The van der Waals surface area contributed by atoms with Gasteiger partial charge in [0.25, 0.3) is 11.8 Å². The number of pyridine rings is 1. The first-order valence-electron chi connectivity index (χ1n) is 8.56. The maximum absolute atomic E-state index is 12.3. The maximum Gasteiger partial charge on any atom is 0.325 e.